The van der Waals surface area contributed by atoms with Gasteiger partial charge in [0.05, 0.1) is 11.4 Å². The smallest absolute Gasteiger partial charge is 0.337 e. The van der Waals surface area contributed by atoms with Crippen molar-refractivity contribution in [2.75, 3.05) is 5.75 Å². The van der Waals surface area contributed by atoms with Crippen LogP contribution in [0.5, 0.6) is 0 Å². The summed E-state index contributed by atoms with van der Waals surface area (Å²) in [6, 6.07) is 9.49. The molecule has 8 nitrogen and oxygen atoms in total. The van der Waals surface area contributed by atoms with E-state index in [0.29, 0.717) is 30.3 Å². The van der Waals surface area contributed by atoms with Crippen molar-refractivity contribution in [3.8, 4) is 0 Å². The number of amides is 4. The lowest BCUT2D eigenvalue weighted by Crippen LogP contribution is -2.51. The van der Waals surface area contributed by atoms with Crippen LogP contribution in [-0.2, 0) is 16.0 Å². The van der Waals surface area contributed by atoms with Gasteiger partial charge in [0.25, 0.3) is 5.91 Å². The third kappa shape index (κ3) is 4.61. The lowest BCUT2D eigenvalue weighted by molar-refractivity contribution is -0.139. The van der Waals surface area contributed by atoms with E-state index < -0.39 is 17.5 Å². The number of nitrogens with zero attached hydrogens (tertiary/aromatic N) is 2. The van der Waals surface area contributed by atoms with Gasteiger partial charge in [-0.1, -0.05) is 49.0 Å². The molecule has 2 heterocycles. The average molecular weight is 442 g/mol. The molecule has 0 atom stereocenters. The zero-order valence-electron chi connectivity index (χ0n) is 17.7. The van der Waals surface area contributed by atoms with Crippen LogP contribution in [-0.4, -0.2) is 44.1 Å². The Balaban J connectivity index is 1.32. The second-order valence-corrected chi connectivity index (χ2v) is 9.40. The SMILES string of the molecule is Cc1[nH]c(SCC(=O)NN2C(=O)NC3(CCC(C)CC3)C2=O)nc1Cc1ccccc1. The molecule has 2 fully saturated rings. The molecule has 0 unspecified atom stereocenters. The molecule has 2 aliphatic rings. The summed E-state index contributed by atoms with van der Waals surface area (Å²) in [5, 5.41) is 4.27. The number of benzene rings is 1. The second kappa shape index (κ2) is 8.74. The van der Waals surface area contributed by atoms with Crippen molar-refractivity contribution in [2.24, 2.45) is 5.92 Å². The lowest BCUT2D eigenvalue weighted by Gasteiger charge is -2.33. The molecule has 1 aromatic heterocycles. The highest BCUT2D eigenvalue weighted by Gasteiger charge is 2.52. The monoisotopic (exact) mass is 441 g/mol. The molecule has 4 amide bonds. The number of carbonyl (C=O) groups is 3. The van der Waals surface area contributed by atoms with Crippen LogP contribution in [0.25, 0.3) is 0 Å². The van der Waals surface area contributed by atoms with E-state index in [2.05, 4.69) is 27.6 Å². The summed E-state index contributed by atoms with van der Waals surface area (Å²) in [5.74, 6) is -0.201. The van der Waals surface area contributed by atoms with Gasteiger partial charge < -0.3 is 10.3 Å². The van der Waals surface area contributed by atoms with Gasteiger partial charge in [0.1, 0.15) is 5.54 Å². The number of aryl methyl sites for hydroxylation is 1. The third-order valence-corrected chi connectivity index (χ3v) is 6.92. The number of imidazole rings is 1. The summed E-state index contributed by atoms with van der Waals surface area (Å²) >= 11 is 1.24. The van der Waals surface area contributed by atoms with E-state index in [0.717, 1.165) is 34.8 Å². The van der Waals surface area contributed by atoms with E-state index in [1.54, 1.807) is 0 Å². The van der Waals surface area contributed by atoms with Crippen LogP contribution >= 0.6 is 11.8 Å². The molecule has 1 aromatic carbocycles. The highest BCUT2D eigenvalue weighted by Crippen LogP contribution is 2.35. The fraction of sp³-hybridized carbons (Fsp3) is 0.455. The number of imide groups is 1. The second-order valence-electron chi connectivity index (χ2n) is 8.44. The predicted octanol–water partition coefficient (Wildman–Crippen LogP) is 2.93. The standard InChI is InChI=1S/C22H27N5O3S/c1-14-8-10-22(11-9-14)19(29)27(21(30)25-22)26-18(28)13-31-20-23-15(2)17(24-20)12-16-6-4-3-5-7-16/h3-7,14H,8-13H2,1-2H3,(H,23,24)(H,25,30)(H,26,28). The normalized spacial score (nSPS) is 23.3. The Bertz CT molecular complexity index is 982. The van der Waals surface area contributed by atoms with Gasteiger partial charge in [-0.25, -0.2) is 9.78 Å². The van der Waals surface area contributed by atoms with Crippen molar-refractivity contribution in [3.63, 3.8) is 0 Å². The quantitative estimate of drug-likeness (QED) is 0.472. The molecule has 1 saturated carbocycles. The molecule has 2 aromatic rings. The van der Waals surface area contributed by atoms with Crippen LogP contribution in [0.2, 0.25) is 0 Å². The minimum Gasteiger partial charge on any atom is -0.337 e. The van der Waals surface area contributed by atoms with Crippen LogP contribution in [0.15, 0.2) is 35.5 Å². The molecule has 9 heteroatoms. The van der Waals surface area contributed by atoms with Crippen molar-refractivity contribution in [1.82, 2.24) is 25.7 Å². The zero-order valence-corrected chi connectivity index (χ0v) is 18.6. The number of hydrogen-bond donors (Lipinski definition) is 3. The van der Waals surface area contributed by atoms with Crippen molar-refractivity contribution >= 4 is 29.6 Å². The summed E-state index contributed by atoms with van der Waals surface area (Å²) in [6.07, 6.45) is 3.68. The van der Waals surface area contributed by atoms with Gasteiger partial charge in [-0.05, 0) is 44.1 Å². The maximum absolute atomic E-state index is 12.8. The predicted molar refractivity (Wildman–Crippen MR) is 117 cm³/mol. The van der Waals surface area contributed by atoms with E-state index in [4.69, 9.17) is 0 Å². The number of hydrazine groups is 1. The highest BCUT2D eigenvalue weighted by atomic mass is 32.2. The first-order chi connectivity index (χ1) is 14.9. The Hall–Kier alpha value is -2.81. The fourth-order valence-corrected chi connectivity index (χ4v) is 4.84. The van der Waals surface area contributed by atoms with Crippen LogP contribution in [0.3, 0.4) is 0 Å². The minimum atomic E-state index is -0.867. The number of hydrogen-bond acceptors (Lipinski definition) is 5. The molecule has 3 N–H and O–H groups in total. The molecule has 0 bridgehead atoms. The van der Waals surface area contributed by atoms with Gasteiger partial charge in [-0.15, -0.1) is 0 Å². The number of carbonyl (C=O) groups excluding carboxylic acids is 3. The molecule has 1 aliphatic heterocycles. The number of H-pyrrole nitrogens is 1. The molecule has 1 spiro atoms. The Morgan fingerprint density at radius 2 is 1.97 bits per heavy atom. The number of aromatic nitrogens is 2. The van der Waals surface area contributed by atoms with E-state index >= 15 is 0 Å². The van der Waals surface area contributed by atoms with Crippen LogP contribution in [0.4, 0.5) is 4.79 Å². The highest BCUT2D eigenvalue weighted by molar-refractivity contribution is 7.99. The first kappa shape index (κ1) is 21.4. The number of nitrogens with one attached hydrogen (secondary N) is 3. The number of rotatable bonds is 6. The molecule has 4 rings (SSSR count). The Kier molecular flexibility index (Phi) is 6.04. The molecule has 1 saturated heterocycles. The number of urea groups is 1. The topological polar surface area (TPSA) is 107 Å². The average Bonchev–Trinajstić information content (AvgIpc) is 3.21. The van der Waals surface area contributed by atoms with Crippen molar-refractivity contribution in [1.29, 1.82) is 0 Å². The van der Waals surface area contributed by atoms with E-state index in [9.17, 15) is 14.4 Å². The van der Waals surface area contributed by atoms with Gasteiger partial charge in [0.15, 0.2) is 5.16 Å². The summed E-state index contributed by atoms with van der Waals surface area (Å²) in [4.78, 5) is 45.4. The lowest BCUT2D eigenvalue weighted by atomic mass is 9.77. The molecule has 0 radical (unpaired) electrons. The van der Waals surface area contributed by atoms with E-state index in [1.807, 2.05) is 37.3 Å². The van der Waals surface area contributed by atoms with Crippen LogP contribution in [0, 0.1) is 12.8 Å². The first-order valence-corrected chi connectivity index (χ1v) is 11.5. The summed E-state index contributed by atoms with van der Waals surface area (Å²) in [7, 11) is 0. The summed E-state index contributed by atoms with van der Waals surface area (Å²) in [5.41, 5.74) is 4.64. The van der Waals surface area contributed by atoms with Gasteiger partial charge in [0.2, 0.25) is 5.91 Å². The Labute approximate surface area is 185 Å². The van der Waals surface area contributed by atoms with Crippen molar-refractivity contribution in [2.45, 2.75) is 56.6 Å². The largest absolute Gasteiger partial charge is 0.344 e. The maximum atomic E-state index is 12.8. The van der Waals surface area contributed by atoms with Gasteiger partial charge >= 0.3 is 6.03 Å². The maximum Gasteiger partial charge on any atom is 0.344 e. The van der Waals surface area contributed by atoms with Crippen molar-refractivity contribution < 1.29 is 14.4 Å². The fourth-order valence-electron chi connectivity index (χ4n) is 4.10. The minimum absolute atomic E-state index is 0.0405. The molecule has 1 aliphatic carbocycles. The van der Waals surface area contributed by atoms with Gasteiger partial charge in [-0.3, -0.25) is 15.0 Å². The Morgan fingerprint density at radius 1 is 1.26 bits per heavy atom. The molecular formula is C22H27N5O3S. The van der Waals surface area contributed by atoms with Gasteiger partial charge in [-0.2, -0.15) is 5.01 Å². The van der Waals surface area contributed by atoms with E-state index in [1.165, 1.54) is 11.8 Å². The first-order valence-electron chi connectivity index (χ1n) is 10.5. The molecular weight excluding hydrogens is 414 g/mol. The summed E-state index contributed by atoms with van der Waals surface area (Å²) < 4.78 is 0. The van der Waals surface area contributed by atoms with Crippen LogP contribution < -0.4 is 10.7 Å². The molecule has 164 valence electrons. The van der Waals surface area contributed by atoms with Crippen LogP contribution in [0.1, 0.15) is 49.6 Å². The van der Waals surface area contributed by atoms with Crippen molar-refractivity contribution in [3.05, 3.63) is 47.3 Å². The summed E-state index contributed by atoms with van der Waals surface area (Å²) in [6.45, 7) is 4.10. The van der Waals surface area contributed by atoms with Gasteiger partial charge in [0, 0.05) is 12.1 Å². The number of thioether (sulfide) groups is 1. The third-order valence-electron chi connectivity index (χ3n) is 6.04. The Morgan fingerprint density at radius 3 is 2.68 bits per heavy atom. The number of aromatic amines is 1. The molecule has 31 heavy (non-hydrogen) atoms. The zero-order chi connectivity index (χ0) is 22.0. The van der Waals surface area contributed by atoms with E-state index in [-0.39, 0.29) is 11.7 Å².